The molecule has 9 rings (SSSR count). The van der Waals surface area contributed by atoms with Crippen LogP contribution < -0.4 is 40.9 Å². The van der Waals surface area contributed by atoms with E-state index in [-0.39, 0.29) is 44.7 Å². The number of ketones is 2. The maximum atomic E-state index is 13.8. The summed E-state index contributed by atoms with van der Waals surface area (Å²) in [5.41, 5.74) is 2.97. The summed E-state index contributed by atoms with van der Waals surface area (Å²) in [6, 6.07) is 21.3. The van der Waals surface area contributed by atoms with E-state index in [1.165, 1.54) is 74.2 Å². The van der Waals surface area contributed by atoms with Crippen LogP contribution >= 0.6 is 34.4 Å². The number of amides is 2. The molecule has 6 N–H and O–H groups in total. The quantitative estimate of drug-likeness (QED) is 0.00463. The van der Waals surface area contributed by atoms with Crippen LogP contribution in [0.5, 0.6) is 0 Å². The summed E-state index contributed by atoms with van der Waals surface area (Å²) in [5, 5.41) is 31.5. The second-order valence-electron chi connectivity index (χ2n) is 21.6. The Kier molecular flexibility index (Phi) is 24.8. The Labute approximate surface area is 573 Å². The average molecular weight is 1420 g/mol. The number of anilines is 10. The SMILES string of the molecule is CCCCSc1nc(Nc2cc(N(CC)CC)ccc2/N=N/c2nc(N3CCOCC3)c(/C=C(/C(C)=O)C(=O)Nc3cccc(S(=O)(=O)O)c3)s2)nc(Nc2cc(N(CC)CC)ccc2/N=N/c2nc(N3CCOCC3)c(/C=C(\C(C)=O)C(=O)Nc3cccc(S(=O)(=O)O)c3)s2)n1. The highest BCUT2D eigenvalue weighted by molar-refractivity contribution is 7.99. The maximum Gasteiger partial charge on any atom is 0.294 e. The molecule has 0 atom stereocenters. The first-order valence-corrected chi connectivity index (χ1v) is 36.5. The molecule has 512 valence electrons. The highest BCUT2D eigenvalue weighted by Gasteiger charge is 2.27. The van der Waals surface area contributed by atoms with Crippen LogP contribution in [0.1, 0.15) is 71.1 Å². The van der Waals surface area contributed by atoms with Crippen molar-refractivity contribution in [2.75, 3.05) is 125 Å². The lowest BCUT2D eigenvalue weighted by Gasteiger charge is -2.27. The molecule has 34 heteroatoms. The Morgan fingerprint density at radius 3 is 1.36 bits per heavy atom. The summed E-state index contributed by atoms with van der Waals surface area (Å²) in [6.07, 6.45) is 4.63. The lowest BCUT2D eigenvalue weighted by molar-refractivity contribution is -0.120. The molecule has 0 bridgehead atoms. The number of aromatic nitrogens is 5. The molecule has 0 saturated carbocycles. The Hall–Kier alpha value is -9.00. The van der Waals surface area contributed by atoms with Crippen LogP contribution in [0.25, 0.3) is 12.2 Å². The van der Waals surface area contributed by atoms with E-state index in [1.807, 2.05) is 73.9 Å². The molecule has 0 aliphatic carbocycles. The predicted octanol–water partition coefficient (Wildman–Crippen LogP) is 12.1. The predicted molar refractivity (Wildman–Crippen MR) is 378 cm³/mol. The van der Waals surface area contributed by atoms with Crippen molar-refractivity contribution in [3.05, 3.63) is 106 Å². The number of benzene rings is 4. The largest absolute Gasteiger partial charge is 0.378 e. The van der Waals surface area contributed by atoms with Gasteiger partial charge in [0.1, 0.15) is 23.0 Å². The first-order chi connectivity index (χ1) is 46.5. The zero-order chi connectivity index (χ0) is 69.4. The Bertz CT molecular complexity index is 4120. The lowest BCUT2D eigenvalue weighted by Crippen LogP contribution is -2.36. The number of Topliss-reactive ketones (excluding diaryl/α,β-unsaturated/α-hetero) is 2. The number of ether oxygens (including phenoxy) is 2. The summed E-state index contributed by atoms with van der Waals surface area (Å²) >= 11 is 3.63. The normalized spacial score (nSPS) is 14.1. The number of hydrogen-bond donors (Lipinski definition) is 6. The second-order valence-corrected chi connectivity index (χ2v) is 27.5. The third kappa shape index (κ3) is 19.4. The number of carbonyl (C=O) groups is 4. The highest BCUT2D eigenvalue weighted by atomic mass is 32.2. The number of morpholine rings is 2. The molecule has 29 nitrogen and oxygen atoms in total. The number of unbranched alkanes of at least 4 members (excludes halogenated alkanes) is 1. The van der Waals surface area contributed by atoms with E-state index in [0.29, 0.717) is 134 Å². The van der Waals surface area contributed by atoms with Crippen molar-refractivity contribution in [1.29, 1.82) is 0 Å². The number of nitrogens with one attached hydrogen (secondary N) is 4. The van der Waals surface area contributed by atoms with E-state index in [4.69, 9.17) is 44.6 Å². The van der Waals surface area contributed by atoms with Crippen molar-refractivity contribution in [1.82, 2.24) is 24.9 Å². The molecule has 3 aromatic heterocycles. The third-order valence-corrected chi connectivity index (χ3v) is 19.4. The molecule has 2 amide bonds. The highest BCUT2D eigenvalue weighted by Crippen LogP contribution is 2.41. The van der Waals surface area contributed by atoms with E-state index in [9.17, 15) is 45.1 Å². The van der Waals surface area contributed by atoms with Gasteiger partial charge in [-0.2, -0.15) is 41.8 Å². The fraction of sp³-hybridized carbons (Fsp3) is 0.349. The molecule has 7 aromatic rings. The van der Waals surface area contributed by atoms with Crippen molar-refractivity contribution in [2.45, 2.75) is 76.3 Å². The summed E-state index contributed by atoms with van der Waals surface area (Å²) in [7, 11) is -9.18. The molecule has 2 fully saturated rings. The maximum absolute atomic E-state index is 13.8. The van der Waals surface area contributed by atoms with Crippen LogP contribution in [0.4, 0.5) is 79.3 Å². The molecule has 97 heavy (non-hydrogen) atoms. The van der Waals surface area contributed by atoms with Gasteiger partial charge in [0.2, 0.25) is 22.2 Å². The molecule has 5 heterocycles. The van der Waals surface area contributed by atoms with Crippen LogP contribution in [-0.2, 0) is 48.9 Å². The zero-order valence-electron chi connectivity index (χ0n) is 54.2. The molecule has 4 aromatic carbocycles. The molecule has 0 spiro atoms. The minimum Gasteiger partial charge on any atom is -0.378 e. The molecule has 2 saturated heterocycles. The van der Waals surface area contributed by atoms with Crippen molar-refractivity contribution in [3.63, 3.8) is 0 Å². The fourth-order valence-electron chi connectivity index (χ4n) is 9.95. The van der Waals surface area contributed by atoms with E-state index in [1.54, 1.807) is 0 Å². The monoisotopic (exact) mass is 1420 g/mol. The van der Waals surface area contributed by atoms with Gasteiger partial charge < -0.3 is 50.3 Å². The van der Waals surface area contributed by atoms with Gasteiger partial charge in [-0.1, -0.05) is 59.9 Å². The summed E-state index contributed by atoms with van der Waals surface area (Å²) in [5.74, 6) is -0.928. The molecule has 2 aliphatic rings. The number of hydrogen-bond acceptors (Lipinski definition) is 28. The van der Waals surface area contributed by atoms with Crippen molar-refractivity contribution in [3.8, 4) is 0 Å². The van der Waals surface area contributed by atoms with Crippen molar-refractivity contribution < 1.29 is 54.6 Å². The van der Waals surface area contributed by atoms with Gasteiger partial charge in [0.05, 0.1) is 68.5 Å². The molecular formula is C63H73N17O12S5. The van der Waals surface area contributed by atoms with Crippen LogP contribution in [0.2, 0.25) is 0 Å². The number of thioether (sulfide) groups is 1. The zero-order valence-corrected chi connectivity index (χ0v) is 58.3. The van der Waals surface area contributed by atoms with Crippen molar-refractivity contribution in [2.24, 2.45) is 20.5 Å². The third-order valence-electron chi connectivity index (χ3n) is 15.0. The molecule has 0 unspecified atom stereocenters. The van der Waals surface area contributed by atoms with Gasteiger partial charge >= 0.3 is 0 Å². The molecule has 0 radical (unpaired) electrons. The average Bonchev–Trinajstić information content (AvgIpc) is 1.78. The lowest BCUT2D eigenvalue weighted by atomic mass is 10.1. The molecule has 2 aliphatic heterocycles. The number of rotatable bonds is 30. The number of carbonyl (C=O) groups excluding carboxylic acids is 4. The van der Waals surface area contributed by atoms with E-state index in [2.05, 4.69) is 48.2 Å². The number of thiazole rings is 2. The Morgan fingerprint density at radius 2 is 0.990 bits per heavy atom. The van der Waals surface area contributed by atoms with Gasteiger partial charge in [-0.25, -0.2) is 0 Å². The second kappa shape index (κ2) is 33.3. The minimum absolute atomic E-state index is 0.0317. The van der Waals surface area contributed by atoms with Gasteiger partial charge in [-0.3, -0.25) is 28.3 Å². The Morgan fingerprint density at radius 1 is 0.577 bits per heavy atom. The van der Waals surface area contributed by atoms with E-state index < -0.39 is 53.4 Å². The van der Waals surface area contributed by atoms with Gasteiger partial charge in [-0.15, -0.1) is 20.5 Å². The first kappa shape index (κ1) is 72.3. The van der Waals surface area contributed by atoms with Crippen LogP contribution in [0.3, 0.4) is 0 Å². The van der Waals surface area contributed by atoms with E-state index in [0.717, 1.165) is 59.0 Å². The molecular weight excluding hydrogens is 1350 g/mol. The van der Waals surface area contributed by atoms with Crippen LogP contribution in [-0.4, -0.2) is 159 Å². The van der Waals surface area contributed by atoms with E-state index >= 15 is 0 Å². The minimum atomic E-state index is -4.59. The van der Waals surface area contributed by atoms with Crippen molar-refractivity contribution >= 4 is 169 Å². The number of azo groups is 2. The summed E-state index contributed by atoms with van der Waals surface area (Å²) in [6.45, 7) is 18.9. The van der Waals surface area contributed by atoms with Gasteiger partial charge in [0.15, 0.2) is 16.7 Å². The standard InChI is InChI=1S/C63H73N17O12S5/c1-8-13-32-93-61-71-59(66-51-35-43(77(9-2)10-3)20-22-49(51)73-75-62-68-55(79-24-28-91-29-25-79)53(94-62)37-47(39(6)81)57(83)64-41-16-14-18-45(33-41)96(85,86)87)70-60(72-61)67-52-36-44(78(11-4)12-5)21-23-50(52)74-76-63-69-56(80-26-30-92-31-27-80)54(95-63)38-48(40(7)82)58(84)65-42-17-15-19-46(34-42)97(88,89)90/h14-23,33-38H,8-13,24-32H2,1-7H3,(H,64,83)(H,65,84)(H,85,86,87)(H,88,89,90)(H2,66,67,70,71,72)/b47-37-,48-38+,75-73+,76-74+. The first-order valence-electron chi connectivity index (χ1n) is 31.0. The summed E-state index contributed by atoms with van der Waals surface area (Å²) < 4.78 is 78.1. The van der Waals surface area contributed by atoms with Gasteiger partial charge in [0.25, 0.3) is 32.1 Å². The number of nitrogens with zero attached hydrogens (tertiary/aromatic N) is 13. The fourth-order valence-corrected chi connectivity index (χ4v) is 13.6. The van der Waals surface area contributed by atoms with Gasteiger partial charge in [-0.05, 0) is 133 Å². The smallest absolute Gasteiger partial charge is 0.294 e. The van der Waals surface area contributed by atoms with Crippen LogP contribution in [0.15, 0.2) is 131 Å². The van der Waals surface area contributed by atoms with Gasteiger partial charge in [0, 0.05) is 80.9 Å². The summed E-state index contributed by atoms with van der Waals surface area (Å²) in [4.78, 5) is 86.6. The Balaban J connectivity index is 1.07. The topological polar surface area (TPSA) is 370 Å². The van der Waals surface area contributed by atoms with Crippen LogP contribution in [0, 0.1) is 0 Å².